The van der Waals surface area contributed by atoms with Crippen LogP contribution in [0.25, 0.3) is 0 Å². The number of anilines is 1. The topological polar surface area (TPSA) is 30.9 Å². The molecule has 2 aliphatic heterocycles. The second kappa shape index (κ2) is 6.76. The first kappa shape index (κ1) is 15.9. The van der Waals surface area contributed by atoms with Gasteiger partial charge in [-0.25, -0.2) is 4.99 Å². The Morgan fingerprint density at radius 2 is 1.81 bits per heavy atom. The summed E-state index contributed by atoms with van der Waals surface area (Å²) in [4.78, 5) is 10.1. The molecule has 1 atom stereocenters. The van der Waals surface area contributed by atoms with E-state index in [9.17, 15) is 0 Å². The zero-order valence-corrected chi connectivity index (χ0v) is 15.2. The number of hydrogen-bond donors (Lipinski definition) is 1. The summed E-state index contributed by atoms with van der Waals surface area (Å²) in [6.45, 7) is 5.31. The smallest absolute Gasteiger partial charge is 0.199 e. The largest absolute Gasteiger partial charge is 0.340 e. The third-order valence-corrected chi connectivity index (χ3v) is 5.90. The highest BCUT2D eigenvalue weighted by atomic mass is 15.4. The number of aliphatic imine (C=N–C) groups is 1. The number of hydrogen-bond acceptors (Lipinski definition) is 4. The van der Waals surface area contributed by atoms with Crippen LogP contribution in [0.1, 0.15) is 35.6 Å². The van der Waals surface area contributed by atoms with Crippen LogP contribution in [-0.4, -0.2) is 41.9 Å². The predicted octanol–water partition coefficient (Wildman–Crippen LogP) is 3.66. The minimum atomic E-state index is 0.355. The van der Waals surface area contributed by atoms with E-state index < -0.39 is 0 Å². The summed E-state index contributed by atoms with van der Waals surface area (Å²) in [5.41, 5.74) is 5.62. The Morgan fingerprint density at radius 3 is 2.65 bits per heavy atom. The highest BCUT2D eigenvalue weighted by molar-refractivity contribution is 5.96. The van der Waals surface area contributed by atoms with Crippen LogP contribution >= 0.6 is 0 Å². The zero-order chi connectivity index (χ0) is 17.3. The monoisotopic (exact) mass is 346 g/mol. The van der Waals surface area contributed by atoms with E-state index in [1.807, 2.05) is 0 Å². The van der Waals surface area contributed by atoms with Crippen LogP contribution in [0.4, 0.5) is 5.69 Å². The Balaban J connectivity index is 1.27. The van der Waals surface area contributed by atoms with Gasteiger partial charge in [-0.3, -0.25) is 4.90 Å². The third kappa shape index (κ3) is 2.99. The minimum Gasteiger partial charge on any atom is -0.340 e. The Bertz CT molecular complexity index is 806. The van der Waals surface area contributed by atoms with Crippen LogP contribution in [0.2, 0.25) is 0 Å². The molecule has 0 aromatic heterocycles. The van der Waals surface area contributed by atoms with E-state index in [-0.39, 0.29) is 0 Å². The number of piperazine rings is 1. The van der Waals surface area contributed by atoms with Crippen molar-refractivity contribution in [2.45, 2.75) is 31.8 Å². The molecule has 1 aliphatic carbocycles. The molecule has 3 aliphatic rings. The molecular formula is C22H26N4. The first-order chi connectivity index (χ1) is 12.9. The van der Waals surface area contributed by atoms with Crippen LogP contribution in [0.5, 0.6) is 0 Å². The van der Waals surface area contributed by atoms with Gasteiger partial charge >= 0.3 is 0 Å². The Kier molecular flexibility index (Phi) is 4.13. The van der Waals surface area contributed by atoms with Gasteiger partial charge in [-0.15, -0.1) is 0 Å². The van der Waals surface area contributed by atoms with Crippen LogP contribution in [0.3, 0.4) is 0 Å². The molecule has 4 nitrogen and oxygen atoms in total. The lowest BCUT2D eigenvalue weighted by atomic mass is 9.86. The molecule has 0 bridgehead atoms. The van der Waals surface area contributed by atoms with E-state index in [4.69, 9.17) is 4.99 Å². The summed E-state index contributed by atoms with van der Waals surface area (Å²) < 4.78 is 0. The fraction of sp³-hybridized carbons (Fsp3) is 0.409. The lowest BCUT2D eigenvalue weighted by Crippen LogP contribution is -2.51. The van der Waals surface area contributed by atoms with Gasteiger partial charge in [0.25, 0.3) is 0 Å². The van der Waals surface area contributed by atoms with Gasteiger partial charge < -0.3 is 10.2 Å². The fourth-order valence-electron chi connectivity index (χ4n) is 4.51. The summed E-state index contributed by atoms with van der Waals surface area (Å²) in [6, 6.07) is 17.8. The highest BCUT2D eigenvalue weighted by Gasteiger charge is 2.30. The average molecular weight is 346 g/mol. The van der Waals surface area contributed by atoms with Crippen molar-refractivity contribution in [1.29, 1.82) is 0 Å². The van der Waals surface area contributed by atoms with Gasteiger partial charge in [0, 0.05) is 44.0 Å². The number of benzene rings is 2. The van der Waals surface area contributed by atoms with Gasteiger partial charge in [0.2, 0.25) is 0 Å². The van der Waals surface area contributed by atoms with Crippen molar-refractivity contribution in [2.24, 2.45) is 4.99 Å². The first-order valence-electron chi connectivity index (χ1n) is 9.85. The van der Waals surface area contributed by atoms with Gasteiger partial charge in [0.1, 0.15) is 0 Å². The fourth-order valence-corrected chi connectivity index (χ4v) is 4.51. The Hall–Kier alpha value is -2.33. The maximum atomic E-state index is 5.10. The predicted molar refractivity (Wildman–Crippen MR) is 106 cm³/mol. The van der Waals surface area contributed by atoms with Crippen LogP contribution in [0, 0.1) is 0 Å². The average Bonchev–Trinajstić information content (AvgIpc) is 2.70. The molecular weight excluding hydrogens is 320 g/mol. The van der Waals surface area contributed by atoms with E-state index in [2.05, 4.69) is 63.6 Å². The molecule has 4 heteroatoms. The molecule has 5 rings (SSSR count). The lowest BCUT2D eigenvalue weighted by Gasteiger charge is -2.39. The molecule has 1 fully saturated rings. The zero-order valence-electron chi connectivity index (χ0n) is 15.2. The summed E-state index contributed by atoms with van der Waals surface area (Å²) in [5.74, 6) is 1.08. The summed E-state index contributed by atoms with van der Waals surface area (Å²) in [5, 5.41) is 3.63. The summed E-state index contributed by atoms with van der Waals surface area (Å²) >= 11 is 0. The van der Waals surface area contributed by atoms with Crippen LogP contribution < -0.4 is 5.32 Å². The second-order valence-corrected chi connectivity index (χ2v) is 7.61. The number of nitrogens with one attached hydrogen (secondary N) is 1. The molecule has 0 amide bonds. The molecule has 2 aromatic rings. The highest BCUT2D eigenvalue weighted by Crippen LogP contribution is 2.40. The third-order valence-electron chi connectivity index (χ3n) is 5.90. The van der Waals surface area contributed by atoms with Crippen LogP contribution in [0.15, 0.2) is 53.5 Å². The van der Waals surface area contributed by atoms with E-state index in [0.717, 1.165) is 38.7 Å². The molecule has 2 aromatic carbocycles. The van der Waals surface area contributed by atoms with E-state index >= 15 is 0 Å². The molecule has 1 N–H and O–H groups in total. The van der Waals surface area contributed by atoms with Crippen molar-refractivity contribution in [3.63, 3.8) is 0 Å². The molecule has 0 saturated carbocycles. The van der Waals surface area contributed by atoms with Gasteiger partial charge in [-0.2, -0.15) is 0 Å². The van der Waals surface area contributed by atoms with E-state index in [1.54, 1.807) is 0 Å². The molecule has 1 saturated heterocycles. The SMILES string of the molecule is c1ccc(CN2CCN(C3=NC4CCCc5cccc(c54)N3)CC2)cc1. The second-order valence-electron chi connectivity index (χ2n) is 7.61. The van der Waals surface area contributed by atoms with E-state index in [0.29, 0.717) is 6.04 Å². The number of guanidine groups is 1. The van der Waals surface area contributed by atoms with Gasteiger partial charge in [0.15, 0.2) is 5.96 Å². The minimum absolute atomic E-state index is 0.355. The molecule has 2 heterocycles. The van der Waals surface area contributed by atoms with Crippen molar-refractivity contribution < 1.29 is 0 Å². The summed E-state index contributed by atoms with van der Waals surface area (Å²) in [7, 11) is 0. The molecule has 0 radical (unpaired) electrons. The quantitative estimate of drug-likeness (QED) is 0.900. The Morgan fingerprint density at radius 1 is 0.962 bits per heavy atom. The van der Waals surface area contributed by atoms with Crippen molar-refractivity contribution in [1.82, 2.24) is 9.80 Å². The lowest BCUT2D eigenvalue weighted by molar-refractivity contribution is 0.174. The number of nitrogens with zero attached hydrogens (tertiary/aromatic N) is 3. The number of aryl methyl sites for hydroxylation is 1. The first-order valence-corrected chi connectivity index (χ1v) is 9.85. The standard InChI is InChI=1S/C22H26N4/c1-2-6-17(7-3-1)16-25-12-14-26(15-13-25)22-23-19-10-4-8-18-9-5-11-20(24-22)21(18)19/h1-4,6-8,10,20H,5,9,11-16H2,(H,23,24). The van der Waals surface area contributed by atoms with Crippen molar-refractivity contribution in [3.8, 4) is 0 Å². The van der Waals surface area contributed by atoms with Crippen molar-refractivity contribution in [2.75, 3.05) is 31.5 Å². The molecule has 134 valence electrons. The maximum Gasteiger partial charge on any atom is 0.199 e. The molecule has 0 spiro atoms. The van der Waals surface area contributed by atoms with Crippen molar-refractivity contribution in [3.05, 3.63) is 65.2 Å². The normalized spacial score (nSPS) is 22.4. The molecule has 1 unspecified atom stereocenters. The van der Waals surface area contributed by atoms with Gasteiger partial charge in [-0.05, 0) is 36.5 Å². The van der Waals surface area contributed by atoms with Gasteiger partial charge in [-0.1, -0.05) is 42.5 Å². The van der Waals surface area contributed by atoms with Gasteiger partial charge in [0.05, 0.1) is 6.04 Å². The number of rotatable bonds is 2. The van der Waals surface area contributed by atoms with Crippen molar-refractivity contribution >= 4 is 11.6 Å². The van der Waals surface area contributed by atoms with E-state index in [1.165, 1.54) is 41.6 Å². The maximum absolute atomic E-state index is 5.10. The molecule has 26 heavy (non-hydrogen) atoms. The summed E-state index contributed by atoms with van der Waals surface area (Å²) in [6.07, 6.45) is 3.64. The van der Waals surface area contributed by atoms with Crippen LogP contribution in [-0.2, 0) is 13.0 Å². The Labute approximate surface area is 155 Å².